The molecule has 0 aliphatic rings. The fourth-order valence-electron chi connectivity index (χ4n) is 2.54. The summed E-state index contributed by atoms with van der Waals surface area (Å²) < 4.78 is 1.84. The highest BCUT2D eigenvalue weighted by molar-refractivity contribution is 7.07. The number of amides is 1. The molecule has 0 radical (unpaired) electrons. The molecule has 3 aromatic rings. The molecule has 3 aromatic heterocycles. The number of carbonyl (C=O) groups excluding carboxylic acids is 1. The molecular weight excluding hydrogens is 324 g/mol. The van der Waals surface area contributed by atoms with Gasteiger partial charge >= 0.3 is 0 Å². The fraction of sp³-hybridized carbons (Fsp3) is 0.353. The zero-order valence-corrected chi connectivity index (χ0v) is 14.7. The number of hydrogen-bond donors (Lipinski definition) is 2. The summed E-state index contributed by atoms with van der Waals surface area (Å²) in [5.41, 5.74) is 2.73. The van der Waals surface area contributed by atoms with Crippen LogP contribution in [0, 0.1) is 6.92 Å². The summed E-state index contributed by atoms with van der Waals surface area (Å²) in [5, 5.41) is 21.8. The fourth-order valence-corrected chi connectivity index (χ4v) is 3.25. The number of fused-ring (bicyclic) bond motifs is 1. The lowest BCUT2D eigenvalue weighted by Gasteiger charge is -2.12. The van der Waals surface area contributed by atoms with E-state index >= 15 is 0 Å². The molecule has 0 saturated carbocycles. The van der Waals surface area contributed by atoms with Gasteiger partial charge in [0.1, 0.15) is 0 Å². The highest BCUT2D eigenvalue weighted by atomic mass is 32.1. The molecule has 6 nitrogen and oxygen atoms in total. The SMILES string of the molecule is Cc1nc2c(cnn2C(C)C)cc1C(=O)NCC(O)c1ccsc1. The maximum Gasteiger partial charge on any atom is 0.253 e. The van der Waals surface area contributed by atoms with Crippen LogP contribution >= 0.6 is 11.3 Å². The van der Waals surface area contributed by atoms with Crippen LogP contribution in [0.25, 0.3) is 11.0 Å². The Bertz CT molecular complexity index is 855. The van der Waals surface area contributed by atoms with Gasteiger partial charge in [-0.05, 0) is 49.2 Å². The third kappa shape index (κ3) is 3.18. The summed E-state index contributed by atoms with van der Waals surface area (Å²) in [6, 6.07) is 3.85. The van der Waals surface area contributed by atoms with Crippen molar-refractivity contribution in [3.8, 4) is 0 Å². The van der Waals surface area contributed by atoms with Gasteiger partial charge in [0, 0.05) is 18.0 Å². The molecular formula is C17H20N4O2S. The second kappa shape index (κ2) is 6.70. The van der Waals surface area contributed by atoms with Gasteiger partial charge in [0.15, 0.2) is 5.65 Å². The largest absolute Gasteiger partial charge is 0.387 e. The van der Waals surface area contributed by atoms with Gasteiger partial charge in [-0.2, -0.15) is 16.4 Å². The Morgan fingerprint density at radius 1 is 1.46 bits per heavy atom. The number of aliphatic hydroxyl groups is 1. The number of pyridine rings is 1. The van der Waals surface area contributed by atoms with Gasteiger partial charge in [0.2, 0.25) is 0 Å². The number of nitrogens with one attached hydrogen (secondary N) is 1. The molecule has 3 rings (SSSR count). The summed E-state index contributed by atoms with van der Waals surface area (Å²) in [6.45, 7) is 6.05. The molecule has 0 aromatic carbocycles. The molecule has 2 N–H and O–H groups in total. The van der Waals surface area contributed by atoms with E-state index in [4.69, 9.17) is 0 Å². The van der Waals surface area contributed by atoms with Crippen molar-refractivity contribution in [2.45, 2.75) is 32.9 Å². The Hall–Kier alpha value is -2.25. The molecule has 1 atom stereocenters. The van der Waals surface area contributed by atoms with Crippen LogP contribution in [-0.2, 0) is 0 Å². The Labute approximate surface area is 144 Å². The van der Waals surface area contributed by atoms with Crippen molar-refractivity contribution in [2.24, 2.45) is 0 Å². The van der Waals surface area contributed by atoms with Crippen molar-refractivity contribution in [1.29, 1.82) is 0 Å². The van der Waals surface area contributed by atoms with E-state index in [9.17, 15) is 9.90 Å². The van der Waals surface area contributed by atoms with Gasteiger partial charge in [-0.1, -0.05) is 0 Å². The normalized spacial score (nSPS) is 12.7. The number of aromatic nitrogens is 3. The number of aliphatic hydroxyl groups excluding tert-OH is 1. The summed E-state index contributed by atoms with van der Waals surface area (Å²) in [6.07, 6.45) is 1.01. The molecule has 0 saturated heterocycles. The van der Waals surface area contributed by atoms with E-state index in [0.29, 0.717) is 11.3 Å². The van der Waals surface area contributed by atoms with Crippen LogP contribution in [-0.4, -0.2) is 32.3 Å². The average molecular weight is 344 g/mol. The minimum absolute atomic E-state index is 0.165. The second-order valence-corrected chi connectivity index (χ2v) is 6.78. The minimum Gasteiger partial charge on any atom is -0.387 e. The Balaban J connectivity index is 1.78. The summed E-state index contributed by atoms with van der Waals surface area (Å²) in [4.78, 5) is 17.0. The van der Waals surface area contributed by atoms with Crippen molar-refractivity contribution in [2.75, 3.05) is 6.54 Å². The first-order chi connectivity index (χ1) is 11.5. The highest BCUT2D eigenvalue weighted by Gasteiger charge is 2.16. The van der Waals surface area contributed by atoms with Crippen LogP contribution in [0.1, 0.15) is 47.6 Å². The van der Waals surface area contributed by atoms with Gasteiger partial charge < -0.3 is 10.4 Å². The van der Waals surface area contributed by atoms with E-state index in [-0.39, 0.29) is 18.5 Å². The monoisotopic (exact) mass is 344 g/mol. The maximum absolute atomic E-state index is 12.4. The first-order valence-electron chi connectivity index (χ1n) is 7.80. The van der Waals surface area contributed by atoms with Crippen LogP contribution in [0.15, 0.2) is 29.1 Å². The number of nitrogens with zero attached hydrogens (tertiary/aromatic N) is 3. The third-order valence-corrected chi connectivity index (χ3v) is 4.58. The lowest BCUT2D eigenvalue weighted by atomic mass is 10.1. The van der Waals surface area contributed by atoms with Crippen molar-refractivity contribution < 1.29 is 9.90 Å². The number of carbonyl (C=O) groups is 1. The predicted octanol–water partition coefficient (Wildman–Crippen LogP) is 2.85. The summed E-state index contributed by atoms with van der Waals surface area (Å²) in [7, 11) is 0. The van der Waals surface area contributed by atoms with E-state index in [1.165, 1.54) is 11.3 Å². The van der Waals surface area contributed by atoms with E-state index in [1.54, 1.807) is 19.2 Å². The van der Waals surface area contributed by atoms with Crippen LogP contribution < -0.4 is 5.32 Å². The molecule has 0 bridgehead atoms. The Morgan fingerprint density at radius 3 is 2.92 bits per heavy atom. The third-order valence-electron chi connectivity index (χ3n) is 3.88. The molecule has 24 heavy (non-hydrogen) atoms. The molecule has 1 amide bonds. The van der Waals surface area contributed by atoms with E-state index in [0.717, 1.165) is 16.6 Å². The zero-order valence-electron chi connectivity index (χ0n) is 13.9. The van der Waals surface area contributed by atoms with Gasteiger partial charge in [0.25, 0.3) is 5.91 Å². The quantitative estimate of drug-likeness (QED) is 0.746. The predicted molar refractivity (Wildman–Crippen MR) is 94.3 cm³/mol. The number of hydrogen-bond acceptors (Lipinski definition) is 5. The van der Waals surface area contributed by atoms with E-state index < -0.39 is 6.10 Å². The van der Waals surface area contributed by atoms with Gasteiger partial charge in [0.05, 0.1) is 23.6 Å². The van der Waals surface area contributed by atoms with Crippen LogP contribution in [0.3, 0.4) is 0 Å². The van der Waals surface area contributed by atoms with Crippen molar-refractivity contribution in [3.05, 3.63) is 45.9 Å². The molecule has 0 spiro atoms. The maximum atomic E-state index is 12.4. The summed E-state index contributed by atoms with van der Waals surface area (Å²) >= 11 is 1.52. The van der Waals surface area contributed by atoms with Crippen LogP contribution in [0.4, 0.5) is 0 Å². The van der Waals surface area contributed by atoms with Gasteiger partial charge in [-0.3, -0.25) is 4.79 Å². The Kier molecular flexibility index (Phi) is 4.64. The van der Waals surface area contributed by atoms with Crippen molar-refractivity contribution >= 4 is 28.3 Å². The minimum atomic E-state index is -0.708. The van der Waals surface area contributed by atoms with E-state index in [1.807, 2.05) is 35.4 Å². The van der Waals surface area contributed by atoms with Crippen LogP contribution in [0.2, 0.25) is 0 Å². The summed E-state index contributed by atoms with van der Waals surface area (Å²) in [5.74, 6) is -0.242. The first-order valence-corrected chi connectivity index (χ1v) is 8.75. The molecule has 1 unspecified atom stereocenters. The number of thiophene rings is 1. The number of rotatable bonds is 5. The molecule has 7 heteroatoms. The van der Waals surface area contributed by atoms with Crippen molar-refractivity contribution in [3.63, 3.8) is 0 Å². The Morgan fingerprint density at radius 2 is 2.25 bits per heavy atom. The number of aryl methyl sites for hydroxylation is 1. The smallest absolute Gasteiger partial charge is 0.253 e. The van der Waals surface area contributed by atoms with Crippen LogP contribution in [0.5, 0.6) is 0 Å². The molecule has 3 heterocycles. The second-order valence-electron chi connectivity index (χ2n) is 6.00. The first kappa shape index (κ1) is 16.6. The van der Waals surface area contributed by atoms with Gasteiger partial charge in [-0.25, -0.2) is 9.67 Å². The average Bonchev–Trinajstić information content (AvgIpc) is 3.20. The molecule has 126 valence electrons. The topological polar surface area (TPSA) is 80.0 Å². The highest BCUT2D eigenvalue weighted by Crippen LogP contribution is 2.20. The lowest BCUT2D eigenvalue weighted by molar-refractivity contribution is 0.0915. The standard InChI is InChI=1S/C17H20N4O2S/c1-10(2)21-16-13(7-19-21)6-14(11(3)20-16)17(23)18-8-15(22)12-4-5-24-9-12/h4-7,9-10,15,22H,8H2,1-3H3,(H,18,23). The molecule has 0 fully saturated rings. The lowest BCUT2D eigenvalue weighted by Crippen LogP contribution is -2.29. The molecule has 0 aliphatic heterocycles. The van der Waals surface area contributed by atoms with Gasteiger partial charge in [-0.15, -0.1) is 0 Å². The van der Waals surface area contributed by atoms with E-state index in [2.05, 4.69) is 15.4 Å². The zero-order chi connectivity index (χ0) is 17.3. The molecule has 0 aliphatic carbocycles. The van der Waals surface area contributed by atoms with Crippen molar-refractivity contribution in [1.82, 2.24) is 20.1 Å².